The number of amides is 4. The van der Waals surface area contributed by atoms with Crippen molar-refractivity contribution in [1.29, 1.82) is 0 Å². The Labute approximate surface area is 213 Å². The summed E-state index contributed by atoms with van der Waals surface area (Å²) in [6.45, 7) is 4.17. The van der Waals surface area contributed by atoms with Gasteiger partial charge in [-0.1, -0.05) is 24.3 Å². The Bertz CT molecular complexity index is 1270. The summed E-state index contributed by atoms with van der Waals surface area (Å²) in [6, 6.07) is 10.4. The third-order valence-corrected chi connectivity index (χ3v) is 6.42. The van der Waals surface area contributed by atoms with Gasteiger partial charge in [0.2, 0.25) is 5.91 Å². The summed E-state index contributed by atoms with van der Waals surface area (Å²) < 4.78 is 20.5. The lowest BCUT2D eigenvalue weighted by Gasteiger charge is -2.35. The molecule has 194 valence electrons. The van der Waals surface area contributed by atoms with Crippen molar-refractivity contribution in [3.8, 4) is 0 Å². The van der Waals surface area contributed by atoms with E-state index in [9.17, 15) is 24.0 Å². The fraction of sp³-hybridized carbons (Fsp3) is 0.370. The van der Waals surface area contributed by atoms with Crippen molar-refractivity contribution in [3.05, 3.63) is 70.5 Å². The van der Waals surface area contributed by atoms with Crippen LogP contribution in [0.3, 0.4) is 0 Å². The van der Waals surface area contributed by atoms with Gasteiger partial charge < -0.3 is 15.0 Å². The van der Waals surface area contributed by atoms with Crippen LogP contribution in [0.2, 0.25) is 0 Å². The molecule has 37 heavy (non-hydrogen) atoms. The van der Waals surface area contributed by atoms with Crippen LogP contribution < -0.4 is 5.32 Å². The molecule has 0 spiro atoms. The zero-order chi connectivity index (χ0) is 26.9. The minimum atomic E-state index is -0.994. The molecule has 1 saturated heterocycles. The lowest BCUT2D eigenvalue weighted by atomic mass is 9.97. The first kappa shape index (κ1) is 26.0. The summed E-state index contributed by atoms with van der Waals surface area (Å²) in [5.74, 6) is -3.26. The Morgan fingerprint density at radius 3 is 2.46 bits per heavy atom. The van der Waals surface area contributed by atoms with Gasteiger partial charge in [0.15, 0.2) is 6.73 Å². The standard InChI is InChI=1S/C27H28FN3O6/c1-27(2,3)26(36)37-15-31-21(32)12-11-20(25(31)35)30-14-19-18(24(30)34)10-9-17(22(19)28)13-29-23(33)16-7-5-4-6-8-16/h4-10,20H,11-15H2,1-3H3,(H,29,33). The fourth-order valence-electron chi connectivity index (χ4n) is 4.26. The molecule has 2 aromatic rings. The number of nitrogens with zero attached hydrogens (tertiary/aromatic N) is 2. The number of hydrogen-bond acceptors (Lipinski definition) is 6. The van der Waals surface area contributed by atoms with Crippen LogP contribution in [0.25, 0.3) is 0 Å². The first-order valence-electron chi connectivity index (χ1n) is 11.9. The van der Waals surface area contributed by atoms with Crippen molar-refractivity contribution < 1.29 is 33.1 Å². The number of likely N-dealkylation sites (tertiary alicyclic amines) is 1. The Kier molecular flexibility index (Phi) is 7.11. The second-order valence-electron chi connectivity index (χ2n) is 10.1. The van der Waals surface area contributed by atoms with Crippen molar-refractivity contribution in [2.45, 2.75) is 52.7 Å². The van der Waals surface area contributed by atoms with Crippen LogP contribution in [0.4, 0.5) is 4.39 Å². The minimum Gasteiger partial charge on any atom is -0.443 e. The molecule has 2 heterocycles. The van der Waals surface area contributed by atoms with Gasteiger partial charge in [0.1, 0.15) is 11.9 Å². The molecule has 2 aliphatic heterocycles. The van der Waals surface area contributed by atoms with Gasteiger partial charge in [-0.15, -0.1) is 0 Å². The molecule has 1 fully saturated rings. The molecule has 0 bridgehead atoms. The number of nitrogens with one attached hydrogen (secondary N) is 1. The molecule has 2 aromatic carbocycles. The van der Waals surface area contributed by atoms with Gasteiger partial charge in [-0.05, 0) is 45.4 Å². The highest BCUT2D eigenvalue weighted by Crippen LogP contribution is 2.32. The summed E-state index contributed by atoms with van der Waals surface area (Å²) in [5.41, 5.74) is 0.0916. The van der Waals surface area contributed by atoms with Crippen molar-refractivity contribution >= 4 is 29.6 Å². The third kappa shape index (κ3) is 5.23. The van der Waals surface area contributed by atoms with E-state index in [2.05, 4.69) is 5.32 Å². The second-order valence-corrected chi connectivity index (χ2v) is 10.1. The molecule has 1 unspecified atom stereocenters. The van der Waals surface area contributed by atoms with Gasteiger partial charge in [-0.3, -0.25) is 24.0 Å². The predicted octanol–water partition coefficient (Wildman–Crippen LogP) is 2.78. The molecule has 0 aliphatic carbocycles. The van der Waals surface area contributed by atoms with E-state index in [1.54, 1.807) is 51.1 Å². The van der Waals surface area contributed by atoms with Gasteiger partial charge in [-0.25, -0.2) is 9.29 Å². The van der Waals surface area contributed by atoms with Crippen molar-refractivity contribution in [2.24, 2.45) is 5.41 Å². The molecule has 9 nitrogen and oxygen atoms in total. The maximum absolute atomic E-state index is 15.4. The Morgan fingerprint density at radius 2 is 1.78 bits per heavy atom. The van der Waals surface area contributed by atoms with Crippen LogP contribution in [-0.4, -0.2) is 52.2 Å². The van der Waals surface area contributed by atoms with E-state index < -0.39 is 47.7 Å². The van der Waals surface area contributed by atoms with Gasteiger partial charge in [0.25, 0.3) is 17.7 Å². The number of ether oxygens (including phenoxy) is 1. The maximum Gasteiger partial charge on any atom is 0.312 e. The largest absolute Gasteiger partial charge is 0.443 e. The lowest BCUT2D eigenvalue weighted by Crippen LogP contribution is -2.55. The maximum atomic E-state index is 15.4. The lowest BCUT2D eigenvalue weighted by molar-refractivity contribution is -0.168. The topological polar surface area (TPSA) is 113 Å². The Morgan fingerprint density at radius 1 is 1.08 bits per heavy atom. The second kappa shape index (κ2) is 10.1. The van der Waals surface area contributed by atoms with Crippen LogP contribution in [-0.2, 0) is 32.2 Å². The van der Waals surface area contributed by atoms with E-state index >= 15 is 4.39 Å². The van der Waals surface area contributed by atoms with Gasteiger partial charge in [0, 0.05) is 35.2 Å². The van der Waals surface area contributed by atoms with E-state index in [1.165, 1.54) is 17.0 Å². The monoisotopic (exact) mass is 509 g/mol. The van der Waals surface area contributed by atoms with E-state index in [-0.39, 0.29) is 48.5 Å². The molecule has 1 N–H and O–H groups in total. The SMILES string of the molecule is CC(C)(C)C(=O)OCN1C(=O)CCC(N2Cc3c(ccc(CNC(=O)c4ccccc4)c3F)C2=O)C1=O. The van der Waals surface area contributed by atoms with E-state index in [4.69, 9.17) is 4.74 Å². The number of carbonyl (C=O) groups is 5. The van der Waals surface area contributed by atoms with Gasteiger partial charge >= 0.3 is 5.97 Å². The minimum absolute atomic E-state index is 0.0250. The number of esters is 1. The predicted molar refractivity (Wildman–Crippen MR) is 129 cm³/mol. The summed E-state index contributed by atoms with van der Waals surface area (Å²) in [7, 11) is 0. The van der Waals surface area contributed by atoms with Crippen molar-refractivity contribution in [1.82, 2.24) is 15.1 Å². The quantitative estimate of drug-likeness (QED) is 0.473. The number of rotatable bonds is 6. The first-order chi connectivity index (χ1) is 17.5. The van der Waals surface area contributed by atoms with E-state index in [1.807, 2.05) is 0 Å². The molecule has 10 heteroatoms. The van der Waals surface area contributed by atoms with Gasteiger partial charge in [0.05, 0.1) is 12.0 Å². The summed E-state index contributed by atoms with van der Waals surface area (Å²) in [5, 5.41) is 2.67. The fourth-order valence-corrected chi connectivity index (χ4v) is 4.26. The average Bonchev–Trinajstić information content (AvgIpc) is 3.20. The highest BCUT2D eigenvalue weighted by molar-refractivity contribution is 6.05. The van der Waals surface area contributed by atoms with Crippen molar-refractivity contribution in [3.63, 3.8) is 0 Å². The molecule has 4 amide bonds. The van der Waals surface area contributed by atoms with Crippen LogP contribution in [0, 0.1) is 11.2 Å². The molecule has 0 saturated carbocycles. The Hall–Kier alpha value is -4.08. The molecular formula is C27H28FN3O6. The number of benzene rings is 2. The number of piperidine rings is 1. The number of halogens is 1. The smallest absolute Gasteiger partial charge is 0.312 e. The zero-order valence-electron chi connectivity index (χ0n) is 20.9. The molecule has 4 rings (SSSR count). The van der Waals surface area contributed by atoms with Crippen molar-refractivity contribution in [2.75, 3.05) is 6.73 Å². The van der Waals surface area contributed by atoms with Crippen LogP contribution >= 0.6 is 0 Å². The van der Waals surface area contributed by atoms with E-state index in [0.717, 1.165) is 4.90 Å². The molecule has 0 radical (unpaired) electrons. The normalized spacial score (nSPS) is 17.6. The van der Waals surface area contributed by atoms with Crippen LogP contribution in [0.5, 0.6) is 0 Å². The first-order valence-corrected chi connectivity index (χ1v) is 11.9. The molecule has 1 atom stereocenters. The van der Waals surface area contributed by atoms with Gasteiger partial charge in [-0.2, -0.15) is 0 Å². The number of imide groups is 1. The van der Waals surface area contributed by atoms with Crippen LogP contribution in [0.15, 0.2) is 42.5 Å². The summed E-state index contributed by atoms with van der Waals surface area (Å²) in [4.78, 5) is 65.1. The summed E-state index contributed by atoms with van der Waals surface area (Å²) >= 11 is 0. The molecule has 2 aliphatic rings. The highest BCUT2D eigenvalue weighted by Gasteiger charge is 2.44. The van der Waals surface area contributed by atoms with E-state index in [0.29, 0.717) is 5.56 Å². The number of hydrogen-bond donors (Lipinski definition) is 1. The Balaban J connectivity index is 1.46. The highest BCUT2D eigenvalue weighted by atomic mass is 19.1. The van der Waals surface area contributed by atoms with Crippen LogP contribution in [0.1, 0.15) is 65.5 Å². The average molecular weight is 510 g/mol. The zero-order valence-corrected chi connectivity index (χ0v) is 20.9. The molecular weight excluding hydrogens is 481 g/mol. The molecule has 0 aromatic heterocycles. The third-order valence-electron chi connectivity index (χ3n) is 6.42. The number of fused-ring (bicyclic) bond motifs is 1. The summed E-state index contributed by atoms with van der Waals surface area (Å²) in [6.07, 6.45) is 0.0611. The number of carbonyl (C=O) groups excluding carboxylic acids is 5.